The largest absolute Gasteiger partial charge is 0.494 e. The van der Waals surface area contributed by atoms with Crippen LogP contribution in [0.5, 0.6) is 11.5 Å². The molecule has 1 rings (SSSR count). The van der Waals surface area contributed by atoms with E-state index in [0.29, 0.717) is 13.2 Å². The van der Waals surface area contributed by atoms with Gasteiger partial charge in [0.05, 0.1) is 13.2 Å². The SMILES string of the molecule is OCCCCCOc1ccc(OCCCCCO)cc1. The van der Waals surface area contributed by atoms with Crippen LogP contribution in [0.15, 0.2) is 24.3 Å². The Morgan fingerprint density at radius 3 is 1.35 bits per heavy atom. The molecule has 20 heavy (non-hydrogen) atoms. The summed E-state index contributed by atoms with van der Waals surface area (Å²) in [5.74, 6) is 1.70. The van der Waals surface area contributed by atoms with Crippen LogP contribution in [-0.2, 0) is 0 Å². The van der Waals surface area contributed by atoms with E-state index in [4.69, 9.17) is 19.7 Å². The summed E-state index contributed by atoms with van der Waals surface area (Å²) in [5.41, 5.74) is 0. The van der Waals surface area contributed by atoms with Crippen molar-refractivity contribution in [1.82, 2.24) is 0 Å². The molecule has 0 bridgehead atoms. The van der Waals surface area contributed by atoms with Gasteiger partial charge in [0, 0.05) is 13.2 Å². The van der Waals surface area contributed by atoms with Gasteiger partial charge in [-0.15, -0.1) is 0 Å². The van der Waals surface area contributed by atoms with Crippen LogP contribution in [0, 0.1) is 0 Å². The van der Waals surface area contributed by atoms with Gasteiger partial charge in [-0.1, -0.05) is 0 Å². The van der Waals surface area contributed by atoms with Gasteiger partial charge in [0.15, 0.2) is 0 Å². The van der Waals surface area contributed by atoms with E-state index in [1.807, 2.05) is 24.3 Å². The lowest BCUT2D eigenvalue weighted by Crippen LogP contribution is -1.99. The van der Waals surface area contributed by atoms with E-state index >= 15 is 0 Å². The van der Waals surface area contributed by atoms with Crippen molar-refractivity contribution in [2.24, 2.45) is 0 Å². The predicted octanol–water partition coefficient (Wildman–Crippen LogP) is 2.77. The number of hydrogen-bond acceptors (Lipinski definition) is 4. The van der Waals surface area contributed by atoms with E-state index in [1.54, 1.807) is 0 Å². The highest BCUT2D eigenvalue weighted by atomic mass is 16.5. The van der Waals surface area contributed by atoms with Crippen LogP contribution in [0.3, 0.4) is 0 Å². The van der Waals surface area contributed by atoms with Crippen LogP contribution in [0.2, 0.25) is 0 Å². The number of aliphatic hydroxyl groups excluding tert-OH is 2. The van der Waals surface area contributed by atoms with Gasteiger partial charge in [-0.2, -0.15) is 0 Å². The topological polar surface area (TPSA) is 58.9 Å². The minimum absolute atomic E-state index is 0.254. The van der Waals surface area contributed by atoms with Crippen molar-refractivity contribution in [3.8, 4) is 11.5 Å². The van der Waals surface area contributed by atoms with Crippen molar-refractivity contribution in [2.45, 2.75) is 38.5 Å². The zero-order chi connectivity index (χ0) is 14.5. The summed E-state index contributed by atoms with van der Waals surface area (Å²) in [5, 5.41) is 17.3. The molecule has 0 aliphatic heterocycles. The second-order valence-corrected chi connectivity index (χ2v) is 4.74. The highest BCUT2D eigenvalue weighted by Crippen LogP contribution is 2.18. The second-order valence-electron chi connectivity index (χ2n) is 4.74. The van der Waals surface area contributed by atoms with Gasteiger partial charge in [0.25, 0.3) is 0 Å². The summed E-state index contributed by atoms with van der Waals surface area (Å²) in [4.78, 5) is 0. The van der Waals surface area contributed by atoms with Gasteiger partial charge in [-0.25, -0.2) is 0 Å². The van der Waals surface area contributed by atoms with Crippen LogP contribution in [-0.4, -0.2) is 36.6 Å². The highest BCUT2D eigenvalue weighted by molar-refractivity contribution is 5.31. The predicted molar refractivity (Wildman–Crippen MR) is 79.3 cm³/mol. The summed E-state index contributed by atoms with van der Waals surface area (Å²) in [7, 11) is 0. The molecule has 0 saturated carbocycles. The van der Waals surface area contributed by atoms with E-state index in [-0.39, 0.29) is 13.2 Å². The fourth-order valence-electron chi connectivity index (χ4n) is 1.79. The Morgan fingerprint density at radius 1 is 0.600 bits per heavy atom. The standard InChI is InChI=1S/C16H26O4/c17-11-3-1-5-13-19-15-7-9-16(10-8-15)20-14-6-2-4-12-18/h7-10,17-18H,1-6,11-14H2. The minimum Gasteiger partial charge on any atom is -0.494 e. The normalized spacial score (nSPS) is 10.5. The van der Waals surface area contributed by atoms with Crippen molar-refractivity contribution in [1.29, 1.82) is 0 Å². The average Bonchev–Trinajstić information content (AvgIpc) is 2.48. The second kappa shape index (κ2) is 11.6. The Hall–Kier alpha value is -1.26. The van der Waals surface area contributed by atoms with Crippen LogP contribution < -0.4 is 9.47 Å². The molecule has 0 saturated heterocycles. The Labute approximate surface area is 121 Å². The number of benzene rings is 1. The summed E-state index contributed by atoms with van der Waals surface area (Å²) in [6.07, 6.45) is 5.59. The summed E-state index contributed by atoms with van der Waals surface area (Å²) in [6.45, 7) is 1.87. The van der Waals surface area contributed by atoms with Gasteiger partial charge in [-0.05, 0) is 62.8 Å². The molecule has 4 nitrogen and oxygen atoms in total. The highest BCUT2D eigenvalue weighted by Gasteiger charge is 1.97. The molecule has 2 N–H and O–H groups in total. The first-order valence-electron chi connectivity index (χ1n) is 7.44. The molecular weight excluding hydrogens is 256 g/mol. The maximum atomic E-state index is 8.66. The molecule has 114 valence electrons. The molecule has 0 aliphatic carbocycles. The molecule has 0 fully saturated rings. The third-order valence-corrected chi connectivity index (χ3v) is 2.97. The van der Waals surface area contributed by atoms with Gasteiger partial charge in [-0.3, -0.25) is 0 Å². The number of unbranched alkanes of at least 4 members (excludes halogenated alkanes) is 4. The molecule has 1 aromatic carbocycles. The number of aliphatic hydroxyl groups is 2. The molecule has 4 heteroatoms. The molecule has 1 aromatic rings. The van der Waals surface area contributed by atoms with E-state index in [0.717, 1.165) is 50.0 Å². The molecular formula is C16H26O4. The maximum absolute atomic E-state index is 8.66. The zero-order valence-corrected chi connectivity index (χ0v) is 12.1. The summed E-state index contributed by atoms with van der Waals surface area (Å²) < 4.78 is 11.2. The van der Waals surface area contributed by atoms with Gasteiger partial charge in [0.1, 0.15) is 11.5 Å². The first kappa shape index (κ1) is 16.8. The van der Waals surface area contributed by atoms with E-state index < -0.39 is 0 Å². The van der Waals surface area contributed by atoms with E-state index in [1.165, 1.54) is 0 Å². The quantitative estimate of drug-likeness (QED) is 0.579. The fraction of sp³-hybridized carbons (Fsp3) is 0.625. The smallest absolute Gasteiger partial charge is 0.119 e. The number of rotatable bonds is 12. The van der Waals surface area contributed by atoms with Crippen molar-refractivity contribution in [3.05, 3.63) is 24.3 Å². The first-order chi connectivity index (χ1) is 9.86. The molecule has 0 radical (unpaired) electrons. The average molecular weight is 282 g/mol. The van der Waals surface area contributed by atoms with Crippen LogP contribution in [0.25, 0.3) is 0 Å². The first-order valence-corrected chi connectivity index (χ1v) is 7.44. The van der Waals surface area contributed by atoms with Crippen molar-refractivity contribution in [3.63, 3.8) is 0 Å². The van der Waals surface area contributed by atoms with Gasteiger partial charge < -0.3 is 19.7 Å². The molecule has 0 spiro atoms. The molecule has 0 unspecified atom stereocenters. The van der Waals surface area contributed by atoms with Crippen LogP contribution >= 0.6 is 0 Å². The lowest BCUT2D eigenvalue weighted by molar-refractivity contribution is 0.263. The summed E-state index contributed by atoms with van der Waals surface area (Å²) in [6, 6.07) is 7.65. The fourth-order valence-corrected chi connectivity index (χ4v) is 1.79. The monoisotopic (exact) mass is 282 g/mol. The number of hydrogen-bond donors (Lipinski definition) is 2. The van der Waals surface area contributed by atoms with Gasteiger partial charge in [0.2, 0.25) is 0 Å². The third-order valence-electron chi connectivity index (χ3n) is 2.97. The van der Waals surface area contributed by atoms with Crippen LogP contribution in [0.1, 0.15) is 38.5 Å². The molecule has 0 heterocycles. The lowest BCUT2D eigenvalue weighted by Gasteiger charge is -2.08. The third kappa shape index (κ3) is 8.02. The molecule has 0 amide bonds. The summed E-state index contributed by atoms with van der Waals surface area (Å²) >= 11 is 0. The Morgan fingerprint density at radius 2 is 1.00 bits per heavy atom. The molecule has 0 aliphatic rings. The van der Waals surface area contributed by atoms with E-state index in [9.17, 15) is 0 Å². The number of ether oxygens (including phenoxy) is 2. The van der Waals surface area contributed by atoms with Crippen molar-refractivity contribution in [2.75, 3.05) is 26.4 Å². The van der Waals surface area contributed by atoms with Crippen molar-refractivity contribution < 1.29 is 19.7 Å². The Bertz CT molecular complexity index is 291. The van der Waals surface area contributed by atoms with Crippen molar-refractivity contribution >= 4 is 0 Å². The molecule has 0 atom stereocenters. The van der Waals surface area contributed by atoms with E-state index in [2.05, 4.69) is 0 Å². The van der Waals surface area contributed by atoms with Crippen LogP contribution in [0.4, 0.5) is 0 Å². The molecule has 0 aromatic heterocycles. The van der Waals surface area contributed by atoms with Gasteiger partial charge >= 0.3 is 0 Å². The maximum Gasteiger partial charge on any atom is 0.119 e. The minimum atomic E-state index is 0.254. The zero-order valence-electron chi connectivity index (χ0n) is 12.1. The Kier molecular flexibility index (Phi) is 9.70. The lowest BCUT2D eigenvalue weighted by atomic mass is 10.2. The Balaban J connectivity index is 2.13.